The number of aryl methyl sites for hydroxylation is 1. The molecule has 126 valence electrons. The fourth-order valence-electron chi connectivity index (χ4n) is 3.57. The first-order valence-corrected chi connectivity index (χ1v) is 8.20. The second-order valence-corrected chi connectivity index (χ2v) is 6.67. The first-order valence-electron chi connectivity index (χ1n) is 8.20. The van der Waals surface area contributed by atoms with Gasteiger partial charge in [0.05, 0.1) is 24.1 Å². The van der Waals surface area contributed by atoms with E-state index in [1.807, 2.05) is 24.3 Å². The zero-order valence-electron chi connectivity index (χ0n) is 13.6. The Morgan fingerprint density at radius 2 is 2.21 bits per heavy atom. The van der Waals surface area contributed by atoms with Crippen LogP contribution in [-0.2, 0) is 16.0 Å². The largest absolute Gasteiger partial charge is 0.439 e. The molecule has 2 aromatic rings. The van der Waals surface area contributed by atoms with Crippen LogP contribution in [0.5, 0.6) is 0 Å². The van der Waals surface area contributed by atoms with E-state index >= 15 is 0 Å². The minimum Gasteiger partial charge on any atom is -0.439 e. The Balaban J connectivity index is 1.36. The lowest BCUT2D eigenvalue weighted by Gasteiger charge is -2.21. The molecule has 0 bridgehead atoms. The highest BCUT2D eigenvalue weighted by Gasteiger charge is 2.49. The number of likely N-dealkylation sites (tertiary alicyclic amines) is 1. The number of H-pyrrole nitrogens is 1. The van der Waals surface area contributed by atoms with Gasteiger partial charge in [-0.25, -0.2) is 9.78 Å². The molecule has 7 nitrogen and oxygen atoms in total. The summed E-state index contributed by atoms with van der Waals surface area (Å²) in [5, 5.41) is 0. The van der Waals surface area contributed by atoms with Crippen molar-refractivity contribution in [2.24, 2.45) is 0 Å². The van der Waals surface area contributed by atoms with Gasteiger partial charge in [0.2, 0.25) is 5.91 Å². The van der Waals surface area contributed by atoms with Gasteiger partial charge < -0.3 is 19.5 Å². The molecule has 2 aliphatic heterocycles. The standard InChI is InChI=1S/C17H20N4O3/c1-20-10-17(24-16(20)23)8-9-21(11-17)15(22)7-6-14-18-12-4-2-3-5-13(12)19-14/h2-5H,6-11H2,1H3,(H,18,19). The van der Waals surface area contributed by atoms with Crippen LogP contribution in [0.25, 0.3) is 11.0 Å². The Bertz CT molecular complexity index is 769. The average Bonchev–Trinajstić information content (AvgIpc) is 3.23. The molecular formula is C17H20N4O3. The molecule has 1 N–H and O–H groups in total. The molecule has 4 rings (SSSR count). The van der Waals surface area contributed by atoms with Gasteiger partial charge in [-0.15, -0.1) is 0 Å². The Morgan fingerprint density at radius 3 is 2.96 bits per heavy atom. The summed E-state index contributed by atoms with van der Waals surface area (Å²) in [6.07, 6.45) is 1.39. The van der Waals surface area contributed by atoms with Gasteiger partial charge in [0.25, 0.3) is 0 Å². The van der Waals surface area contributed by atoms with E-state index in [9.17, 15) is 9.59 Å². The summed E-state index contributed by atoms with van der Waals surface area (Å²) in [4.78, 5) is 35.2. The van der Waals surface area contributed by atoms with Gasteiger partial charge in [-0.05, 0) is 12.1 Å². The zero-order chi connectivity index (χ0) is 16.7. The lowest BCUT2D eigenvalue weighted by atomic mass is 10.0. The van der Waals surface area contributed by atoms with Crippen molar-refractivity contribution in [2.75, 3.05) is 26.7 Å². The van der Waals surface area contributed by atoms with Gasteiger partial charge in [-0.1, -0.05) is 12.1 Å². The number of aromatic amines is 1. The van der Waals surface area contributed by atoms with E-state index < -0.39 is 5.60 Å². The van der Waals surface area contributed by atoms with Gasteiger partial charge in [0, 0.05) is 32.9 Å². The van der Waals surface area contributed by atoms with Crippen molar-refractivity contribution in [2.45, 2.75) is 24.9 Å². The predicted octanol–water partition coefficient (Wildman–Crippen LogP) is 1.55. The number of hydrogen-bond acceptors (Lipinski definition) is 4. The predicted molar refractivity (Wildman–Crippen MR) is 87.5 cm³/mol. The summed E-state index contributed by atoms with van der Waals surface area (Å²) < 4.78 is 5.48. The number of imidazole rings is 1. The zero-order valence-corrected chi connectivity index (χ0v) is 13.6. The first kappa shape index (κ1) is 15.0. The molecule has 2 fully saturated rings. The summed E-state index contributed by atoms with van der Waals surface area (Å²) in [5.41, 5.74) is 1.39. The maximum atomic E-state index is 12.5. The maximum absolute atomic E-state index is 12.5. The molecule has 0 aliphatic carbocycles. The minimum atomic E-state index is -0.513. The van der Waals surface area contributed by atoms with Crippen molar-refractivity contribution in [3.63, 3.8) is 0 Å². The number of carbonyl (C=O) groups excluding carboxylic acids is 2. The van der Waals surface area contributed by atoms with Crippen molar-refractivity contribution in [1.82, 2.24) is 19.8 Å². The summed E-state index contributed by atoms with van der Waals surface area (Å²) in [6, 6.07) is 7.83. The Labute approximate surface area is 139 Å². The van der Waals surface area contributed by atoms with E-state index in [0.29, 0.717) is 38.9 Å². The normalized spacial score (nSPS) is 23.5. The number of aromatic nitrogens is 2. The lowest BCUT2D eigenvalue weighted by Crippen LogP contribution is -2.39. The summed E-state index contributed by atoms with van der Waals surface area (Å²) in [6.45, 7) is 1.68. The lowest BCUT2D eigenvalue weighted by molar-refractivity contribution is -0.130. The number of nitrogens with one attached hydrogen (secondary N) is 1. The molecule has 3 heterocycles. The van der Waals surface area contributed by atoms with Gasteiger partial charge in [0.1, 0.15) is 5.82 Å². The van der Waals surface area contributed by atoms with Crippen LogP contribution in [0.3, 0.4) is 0 Å². The maximum Gasteiger partial charge on any atom is 0.410 e. The number of amides is 2. The topological polar surface area (TPSA) is 78.5 Å². The van der Waals surface area contributed by atoms with Gasteiger partial charge >= 0.3 is 6.09 Å². The van der Waals surface area contributed by atoms with E-state index in [4.69, 9.17) is 4.74 Å². The molecule has 0 saturated carbocycles. The van der Waals surface area contributed by atoms with Crippen LogP contribution in [0.15, 0.2) is 24.3 Å². The molecule has 1 aromatic carbocycles. The Hall–Kier alpha value is -2.57. The monoisotopic (exact) mass is 328 g/mol. The fraction of sp³-hybridized carbons (Fsp3) is 0.471. The van der Waals surface area contributed by atoms with Crippen LogP contribution in [0.2, 0.25) is 0 Å². The minimum absolute atomic E-state index is 0.0814. The Morgan fingerprint density at radius 1 is 1.38 bits per heavy atom. The molecule has 1 spiro atoms. The summed E-state index contributed by atoms with van der Waals surface area (Å²) >= 11 is 0. The third kappa shape index (κ3) is 2.60. The highest BCUT2D eigenvalue weighted by Crippen LogP contribution is 2.32. The third-order valence-corrected chi connectivity index (χ3v) is 4.82. The second-order valence-electron chi connectivity index (χ2n) is 6.67. The van der Waals surface area contributed by atoms with Gasteiger partial charge in [0.15, 0.2) is 5.60 Å². The number of carbonyl (C=O) groups is 2. The fourth-order valence-corrected chi connectivity index (χ4v) is 3.57. The molecule has 2 aliphatic rings. The van der Waals surface area contributed by atoms with Crippen LogP contribution in [-0.4, -0.2) is 64.1 Å². The number of fused-ring (bicyclic) bond motifs is 1. The summed E-state index contributed by atoms with van der Waals surface area (Å²) in [5.74, 6) is 0.906. The van der Waals surface area contributed by atoms with Crippen molar-refractivity contribution in [1.29, 1.82) is 0 Å². The SMILES string of the molecule is CN1CC2(CCN(C(=O)CCc3nc4ccccc4[nH]3)C2)OC1=O. The number of hydrogen-bond donors (Lipinski definition) is 1. The molecule has 7 heteroatoms. The van der Waals surface area contributed by atoms with Crippen LogP contribution in [0, 0.1) is 0 Å². The molecular weight excluding hydrogens is 308 g/mol. The van der Waals surface area contributed by atoms with Crippen LogP contribution < -0.4 is 0 Å². The summed E-state index contributed by atoms with van der Waals surface area (Å²) in [7, 11) is 1.73. The van der Waals surface area contributed by atoms with Crippen LogP contribution >= 0.6 is 0 Å². The van der Waals surface area contributed by atoms with Crippen molar-refractivity contribution in [3.8, 4) is 0 Å². The molecule has 0 radical (unpaired) electrons. The van der Waals surface area contributed by atoms with E-state index in [-0.39, 0.29) is 12.0 Å². The van der Waals surface area contributed by atoms with Gasteiger partial charge in [-0.2, -0.15) is 0 Å². The number of benzene rings is 1. The third-order valence-electron chi connectivity index (χ3n) is 4.82. The first-order chi connectivity index (χ1) is 11.5. The van der Waals surface area contributed by atoms with Gasteiger partial charge in [-0.3, -0.25) is 4.79 Å². The van der Waals surface area contributed by atoms with E-state index in [1.165, 1.54) is 0 Å². The molecule has 24 heavy (non-hydrogen) atoms. The van der Waals surface area contributed by atoms with Crippen molar-refractivity contribution in [3.05, 3.63) is 30.1 Å². The number of para-hydroxylation sites is 2. The molecule has 2 saturated heterocycles. The van der Waals surface area contributed by atoms with Crippen LogP contribution in [0.1, 0.15) is 18.7 Å². The number of likely N-dealkylation sites (N-methyl/N-ethyl adjacent to an activating group) is 1. The van der Waals surface area contributed by atoms with Crippen molar-refractivity contribution < 1.29 is 14.3 Å². The molecule has 1 aromatic heterocycles. The van der Waals surface area contributed by atoms with E-state index in [1.54, 1.807) is 16.8 Å². The molecule has 2 amide bonds. The second kappa shape index (κ2) is 5.51. The van der Waals surface area contributed by atoms with E-state index in [2.05, 4.69) is 9.97 Å². The smallest absolute Gasteiger partial charge is 0.410 e. The molecule has 1 atom stereocenters. The van der Waals surface area contributed by atoms with Crippen LogP contribution in [0.4, 0.5) is 4.79 Å². The van der Waals surface area contributed by atoms with Crippen molar-refractivity contribution >= 4 is 23.0 Å². The van der Waals surface area contributed by atoms with E-state index in [0.717, 1.165) is 16.9 Å². The highest BCUT2D eigenvalue weighted by atomic mass is 16.6. The number of nitrogens with zero attached hydrogens (tertiary/aromatic N) is 3. The average molecular weight is 328 g/mol. The number of rotatable bonds is 3. The highest BCUT2D eigenvalue weighted by molar-refractivity contribution is 5.78. The Kier molecular flexibility index (Phi) is 3.44. The quantitative estimate of drug-likeness (QED) is 0.927. The number of ether oxygens (including phenoxy) is 1. The molecule has 1 unspecified atom stereocenters.